The summed E-state index contributed by atoms with van der Waals surface area (Å²) in [5.41, 5.74) is 0.947. The molecule has 1 N–H and O–H groups in total. The number of benzene rings is 1. The summed E-state index contributed by atoms with van der Waals surface area (Å²) in [6.07, 6.45) is 1.04. The molecule has 102 valence electrons. The number of sulfonamides is 1. The van der Waals surface area contributed by atoms with Gasteiger partial charge in [0.25, 0.3) is 0 Å². The van der Waals surface area contributed by atoms with Gasteiger partial charge in [-0.15, -0.1) is 0 Å². The lowest BCUT2D eigenvalue weighted by molar-refractivity contribution is 0.410. The summed E-state index contributed by atoms with van der Waals surface area (Å²) >= 11 is 0. The molecule has 0 radical (unpaired) electrons. The smallest absolute Gasteiger partial charge is 0.243 e. The quantitative estimate of drug-likeness (QED) is 0.864. The third kappa shape index (κ3) is 3.46. The molecule has 0 bridgehead atoms. The summed E-state index contributed by atoms with van der Waals surface area (Å²) in [5, 5.41) is 3.22. The second-order valence-electron chi connectivity index (χ2n) is 4.57. The van der Waals surface area contributed by atoms with E-state index in [1.807, 2.05) is 13.8 Å². The maximum atomic E-state index is 12.2. The molecule has 0 aliphatic carbocycles. The highest BCUT2D eigenvalue weighted by Gasteiger charge is 2.22. The van der Waals surface area contributed by atoms with Crippen LogP contribution >= 0.6 is 0 Å². The highest BCUT2D eigenvalue weighted by Crippen LogP contribution is 2.18. The summed E-state index contributed by atoms with van der Waals surface area (Å²) in [6.45, 7) is 6.69. The standard InChI is InChI=1S/C13H22N2O2S/c1-5-10-14-12-6-8-13(9-7-12)18(16,17)15(4)11(2)3/h6-9,11,14H,5,10H2,1-4H3. The van der Waals surface area contributed by atoms with Crippen LogP contribution in [-0.2, 0) is 10.0 Å². The fraction of sp³-hybridized carbons (Fsp3) is 0.538. The number of nitrogens with zero attached hydrogens (tertiary/aromatic N) is 1. The number of hydrogen-bond acceptors (Lipinski definition) is 3. The maximum absolute atomic E-state index is 12.2. The Morgan fingerprint density at radius 3 is 2.22 bits per heavy atom. The number of hydrogen-bond donors (Lipinski definition) is 1. The molecule has 0 aliphatic heterocycles. The van der Waals surface area contributed by atoms with E-state index in [4.69, 9.17) is 0 Å². The molecule has 0 amide bonds. The van der Waals surface area contributed by atoms with E-state index in [9.17, 15) is 8.42 Å². The fourth-order valence-electron chi connectivity index (χ4n) is 1.46. The van der Waals surface area contributed by atoms with E-state index in [1.165, 1.54) is 4.31 Å². The van der Waals surface area contributed by atoms with Gasteiger partial charge in [-0.1, -0.05) is 6.92 Å². The van der Waals surface area contributed by atoms with E-state index in [1.54, 1.807) is 31.3 Å². The Morgan fingerprint density at radius 2 is 1.78 bits per heavy atom. The molecule has 0 heterocycles. The zero-order valence-electron chi connectivity index (χ0n) is 11.5. The van der Waals surface area contributed by atoms with Gasteiger partial charge in [0.1, 0.15) is 0 Å². The summed E-state index contributed by atoms with van der Waals surface area (Å²) in [7, 11) is -1.77. The Kier molecular flexibility index (Phi) is 5.16. The molecule has 0 atom stereocenters. The number of rotatable bonds is 6. The van der Waals surface area contributed by atoms with Crippen LogP contribution in [0.3, 0.4) is 0 Å². The molecule has 1 rings (SSSR count). The molecule has 4 nitrogen and oxygen atoms in total. The summed E-state index contributed by atoms with van der Waals surface area (Å²) in [6, 6.07) is 6.85. The van der Waals surface area contributed by atoms with Gasteiger partial charge in [0, 0.05) is 25.3 Å². The molecule has 0 saturated carbocycles. The minimum atomic E-state index is -3.37. The van der Waals surface area contributed by atoms with Gasteiger partial charge in [-0.05, 0) is 44.5 Å². The van der Waals surface area contributed by atoms with Crippen molar-refractivity contribution in [1.82, 2.24) is 4.31 Å². The van der Waals surface area contributed by atoms with Gasteiger partial charge in [-0.25, -0.2) is 8.42 Å². The molecule has 0 spiro atoms. The lowest BCUT2D eigenvalue weighted by Gasteiger charge is -2.21. The Labute approximate surface area is 110 Å². The monoisotopic (exact) mass is 270 g/mol. The van der Waals surface area contributed by atoms with Crippen molar-refractivity contribution < 1.29 is 8.42 Å². The van der Waals surface area contributed by atoms with Crippen LogP contribution in [0.2, 0.25) is 0 Å². The van der Waals surface area contributed by atoms with Gasteiger partial charge in [0.15, 0.2) is 0 Å². The van der Waals surface area contributed by atoms with Gasteiger partial charge < -0.3 is 5.32 Å². The van der Waals surface area contributed by atoms with Crippen LogP contribution in [0.4, 0.5) is 5.69 Å². The van der Waals surface area contributed by atoms with Crippen molar-refractivity contribution in [1.29, 1.82) is 0 Å². The van der Waals surface area contributed by atoms with Crippen molar-refractivity contribution in [3.63, 3.8) is 0 Å². The van der Waals surface area contributed by atoms with Crippen molar-refractivity contribution in [2.45, 2.75) is 38.1 Å². The van der Waals surface area contributed by atoms with Crippen molar-refractivity contribution in [3.05, 3.63) is 24.3 Å². The van der Waals surface area contributed by atoms with Crippen LogP contribution < -0.4 is 5.32 Å². The maximum Gasteiger partial charge on any atom is 0.243 e. The van der Waals surface area contributed by atoms with Gasteiger partial charge in [0.2, 0.25) is 10.0 Å². The Hall–Kier alpha value is -1.07. The number of nitrogens with one attached hydrogen (secondary N) is 1. The largest absolute Gasteiger partial charge is 0.385 e. The Morgan fingerprint density at radius 1 is 1.22 bits per heavy atom. The lowest BCUT2D eigenvalue weighted by Crippen LogP contribution is -2.33. The number of anilines is 1. The van der Waals surface area contributed by atoms with Crippen molar-refractivity contribution in [2.24, 2.45) is 0 Å². The predicted molar refractivity (Wildman–Crippen MR) is 75.3 cm³/mol. The first kappa shape index (κ1) is 15.0. The van der Waals surface area contributed by atoms with E-state index < -0.39 is 10.0 Å². The lowest BCUT2D eigenvalue weighted by atomic mass is 10.3. The highest BCUT2D eigenvalue weighted by molar-refractivity contribution is 7.89. The summed E-state index contributed by atoms with van der Waals surface area (Å²) in [5.74, 6) is 0. The van der Waals surface area contributed by atoms with E-state index >= 15 is 0 Å². The van der Waals surface area contributed by atoms with Gasteiger partial charge in [-0.2, -0.15) is 4.31 Å². The first-order valence-corrected chi connectivity index (χ1v) is 7.65. The first-order chi connectivity index (χ1) is 8.39. The van der Waals surface area contributed by atoms with Crippen LogP contribution in [0.15, 0.2) is 29.2 Å². The predicted octanol–water partition coefficient (Wildman–Crippen LogP) is 2.54. The molecule has 0 aromatic heterocycles. The second kappa shape index (κ2) is 6.20. The fourth-order valence-corrected chi connectivity index (χ4v) is 2.83. The molecule has 1 aromatic carbocycles. The van der Waals surface area contributed by atoms with E-state index in [0.29, 0.717) is 4.90 Å². The van der Waals surface area contributed by atoms with E-state index in [0.717, 1.165) is 18.7 Å². The SMILES string of the molecule is CCCNc1ccc(S(=O)(=O)N(C)C(C)C)cc1. The average molecular weight is 270 g/mol. The summed E-state index contributed by atoms with van der Waals surface area (Å²) in [4.78, 5) is 0.334. The summed E-state index contributed by atoms with van der Waals surface area (Å²) < 4.78 is 25.8. The van der Waals surface area contributed by atoms with Crippen LogP contribution in [-0.4, -0.2) is 32.4 Å². The molecule has 0 saturated heterocycles. The van der Waals surface area contributed by atoms with Crippen molar-refractivity contribution in [2.75, 3.05) is 18.9 Å². The van der Waals surface area contributed by atoms with Crippen molar-refractivity contribution >= 4 is 15.7 Å². The molecule has 0 fully saturated rings. The molecule has 0 unspecified atom stereocenters. The van der Waals surface area contributed by atoms with Crippen LogP contribution in [0.1, 0.15) is 27.2 Å². The second-order valence-corrected chi connectivity index (χ2v) is 6.56. The minimum absolute atomic E-state index is 0.0482. The van der Waals surface area contributed by atoms with Gasteiger partial charge >= 0.3 is 0 Å². The molecular weight excluding hydrogens is 248 g/mol. The van der Waals surface area contributed by atoms with Crippen LogP contribution in [0.5, 0.6) is 0 Å². The normalized spacial score (nSPS) is 12.1. The van der Waals surface area contributed by atoms with Gasteiger partial charge in [0.05, 0.1) is 4.90 Å². The molecule has 5 heteroatoms. The van der Waals surface area contributed by atoms with Crippen LogP contribution in [0, 0.1) is 0 Å². The van der Waals surface area contributed by atoms with E-state index in [2.05, 4.69) is 12.2 Å². The molecular formula is C13H22N2O2S. The minimum Gasteiger partial charge on any atom is -0.385 e. The average Bonchev–Trinajstić information content (AvgIpc) is 2.35. The van der Waals surface area contributed by atoms with Crippen LogP contribution in [0.25, 0.3) is 0 Å². The van der Waals surface area contributed by atoms with Gasteiger partial charge in [-0.3, -0.25) is 0 Å². The van der Waals surface area contributed by atoms with Crippen molar-refractivity contribution in [3.8, 4) is 0 Å². The van der Waals surface area contributed by atoms with E-state index in [-0.39, 0.29) is 6.04 Å². The third-order valence-electron chi connectivity index (χ3n) is 2.84. The third-order valence-corrected chi connectivity index (χ3v) is 4.89. The Balaban J connectivity index is 2.91. The zero-order chi connectivity index (χ0) is 13.8. The Bertz CT molecular complexity index is 466. The first-order valence-electron chi connectivity index (χ1n) is 6.21. The molecule has 1 aromatic rings. The molecule has 18 heavy (non-hydrogen) atoms. The topological polar surface area (TPSA) is 49.4 Å². The highest BCUT2D eigenvalue weighted by atomic mass is 32.2. The molecule has 0 aliphatic rings. The zero-order valence-corrected chi connectivity index (χ0v) is 12.3.